The van der Waals surface area contributed by atoms with Crippen LogP contribution in [0.15, 0.2) is 42.5 Å². The first-order chi connectivity index (χ1) is 8.09. The highest BCUT2D eigenvalue weighted by molar-refractivity contribution is 5.77. The first-order valence-corrected chi connectivity index (χ1v) is 4.82. The number of rotatable bonds is 2. The number of nitro benzene ring substituents is 1. The Bertz CT molecular complexity index is 584. The molecule has 0 aliphatic carbocycles. The summed E-state index contributed by atoms with van der Waals surface area (Å²) in [7, 11) is 0. The van der Waals surface area contributed by atoms with E-state index in [4.69, 9.17) is 0 Å². The molecule has 0 spiro atoms. The summed E-state index contributed by atoms with van der Waals surface area (Å²) in [5, 5.41) is 20.4. The molecule has 0 aliphatic heterocycles. The van der Waals surface area contributed by atoms with Crippen LogP contribution >= 0.6 is 0 Å². The standard InChI is InChI=1S/C12H8FNO3/c13-8-5-6-12(15)10(7-8)9-3-1-2-4-11(9)14(16)17/h1-7,15H. The molecule has 86 valence electrons. The average Bonchev–Trinajstić information content (AvgIpc) is 2.32. The molecule has 0 saturated heterocycles. The van der Waals surface area contributed by atoms with Gasteiger partial charge in [-0.25, -0.2) is 4.39 Å². The minimum Gasteiger partial charge on any atom is -0.507 e. The normalized spacial score (nSPS) is 10.2. The van der Waals surface area contributed by atoms with Crippen molar-refractivity contribution < 1.29 is 14.4 Å². The summed E-state index contributed by atoms with van der Waals surface area (Å²) < 4.78 is 13.1. The van der Waals surface area contributed by atoms with Gasteiger partial charge in [-0.1, -0.05) is 12.1 Å². The monoisotopic (exact) mass is 233 g/mol. The number of nitrogens with zero attached hydrogens (tertiary/aromatic N) is 1. The number of aromatic hydroxyl groups is 1. The molecule has 2 aromatic carbocycles. The molecule has 2 aromatic rings. The maximum absolute atomic E-state index is 13.1. The molecule has 0 fully saturated rings. The van der Waals surface area contributed by atoms with Gasteiger partial charge in [-0.3, -0.25) is 10.1 Å². The summed E-state index contributed by atoms with van der Waals surface area (Å²) in [6.07, 6.45) is 0. The SMILES string of the molecule is O=[N+]([O-])c1ccccc1-c1cc(F)ccc1O. The molecule has 0 aromatic heterocycles. The Morgan fingerprint density at radius 1 is 1.12 bits per heavy atom. The summed E-state index contributed by atoms with van der Waals surface area (Å²) in [5.74, 6) is -0.753. The van der Waals surface area contributed by atoms with Crippen LogP contribution in [0.25, 0.3) is 11.1 Å². The molecule has 0 radical (unpaired) electrons. The zero-order chi connectivity index (χ0) is 12.4. The van der Waals surface area contributed by atoms with Crippen LogP contribution in [0.3, 0.4) is 0 Å². The fraction of sp³-hybridized carbons (Fsp3) is 0. The molecule has 0 saturated carbocycles. The van der Waals surface area contributed by atoms with Crippen LogP contribution < -0.4 is 0 Å². The molecule has 0 unspecified atom stereocenters. The number of para-hydroxylation sites is 1. The average molecular weight is 233 g/mol. The summed E-state index contributed by atoms with van der Waals surface area (Å²) >= 11 is 0. The van der Waals surface area contributed by atoms with E-state index in [2.05, 4.69) is 0 Å². The number of hydrogen-bond donors (Lipinski definition) is 1. The van der Waals surface area contributed by atoms with Crippen LogP contribution in [0, 0.1) is 15.9 Å². The van der Waals surface area contributed by atoms with Gasteiger partial charge >= 0.3 is 0 Å². The number of phenolic OH excluding ortho intramolecular Hbond substituents is 1. The van der Waals surface area contributed by atoms with Crippen LogP contribution in [-0.2, 0) is 0 Å². The third-order valence-electron chi connectivity index (χ3n) is 2.35. The summed E-state index contributed by atoms with van der Waals surface area (Å²) in [6, 6.07) is 9.20. The van der Waals surface area contributed by atoms with Gasteiger partial charge < -0.3 is 5.11 Å². The summed E-state index contributed by atoms with van der Waals surface area (Å²) in [5.41, 5.74) is 0.125. The highest BCUT2D eigenvalue weighted by Crippen LogP contribution is 2.35. The van der Waals surface area contributed by atoms with E-state index in [1.807, 2.05) is 0 Å². The number of halogens is 1. The van der Waals surface area contributed by atoms with Gasteiger partial charge in [-0.05, 0) is 24.3 Å². The second-order valence-corrected chi connectivity index (χ2v) is 3.44. The largest absolute Gasteiger partial charge is 0.507 e. The number of phenols is 1. The molecule has 17 heavy (non-hydrogen) atoms. The maximum Gasteiger partial charge on any atom is 0.277 e. The van der Waals surface area contributed by atoms with Crippen molar-refractivity contribution in [2.45, 2.75) is 0 Å². The molecule has 5 heteroatoms. The second kappa shape index (κ2) is 4.21. The lowest BCUT2D eigenvalue weighted by atomic mass is 10.0. The second-order valence-electron chi connectivity index (χ2n) is 3.44. The van der Waals surface area contributed by atoms with Crippen molar-refractivity contribution in [3.63, 3.8) is 0 Å². The zero-order valence-electron chi connectivity index (χ0n) is 8.63. The number of hydrogen-bond acceptors (Lipinski definition) is 3. The highest BCUT2D eigenvalue weighted by Gasteiger charge is 2.17. The third-order valence-corrected chi connectivity index (χ3v) is 2.35. The van der Waals surface area contributed by atoms with Crippen molar-refractivity contribution in [2.75, 3.05) is 0 Å². The predicted molar refractivity (Wildman–Crippen MR) is 60.2 cm³/mol. The Balaban J connectivity index is 2.68. The lowest BCUT2D eigenvalue weighted by Gasteiger charge is -2.05. The molecule has 4 nitrogen and oxygen atoms in total. The van der Waals surface area contributed by atoms with Gasteiger partial charge in [0.05, 0.1) is 10.5 Å². The van der Waals surface area contributed by atoms with E-state index in [9.17, 15) is 19.6 Å². The van der Waals surface area contributed by atoms with Crippen molar-refractivity contribution in [2.24, 2.45) is 0 Å². The minimum atomic E-state index is -0.570. The molecule has 0 bridgehead atoms. The van der Waals surface area contributed by atoms with Gasteiger partial charge in [0.25, 0.3) is 5.69 Å². The van der Waals surface area contributed by atoms with Crippen LogP contribution in [0.1, 0.15) is 0 Å². The Hall–Kier alpha value is -2.43. The van der Waals surface area contributed by atoms with Crippen LogP contribution in [0.2, 0.25) is 0 Å². The van der Waals surface area contributed by atoms with Crippen LogP contribution in [0.4, 0.5) is 10.1 Å². The molecule has 1 N–H and O–H groups in total. The third kappa shape index (κ3) is 2.08. The minimum absolute atomic E-state index is 0.109. The Morgan fingerprint density at radius 2 is 1.82 bits per heavy atom. The number of nitro groups is 1. The van der Waals surface area contributed by atoms with Gasteiger partial charge in [-0.2, -0.15) is 0 Å². The van der Waals surface area contributed by atoms with Crippen LogP contribution in [-0.4, -0.2) is 10.0 Å². The van der Waals surface area contributed by atoms with Gasteiger partial charge in [0.1, 0.15) is 11.6 Å². The number of benzene rings is 2. The molecule has 0 amide bonds. The summed E-state index contributed by atoms with van der Waals surface area (Å²) in [6.45, 7) is 0. The van der Waals surface area contributed by atoms with E-state index in [0.717, 1.165) is 12.1 Å². The van der Waals surface area contributed by atoms with Crippen molar-refractivity contribution in [3.8, 4) is 16.9 Å². The Kier molecular flexibility index (Phi) is 2.74. The Labute approximate surface area is 96.1 Å². The fourth-order valence-electron chi connectivity index (χ4n) is 1.58. The van der Waals surface area contributed by atoms with E-state index >= 15 is 0 Å². The molecular formula is C12H8FNO3. The van der Waals surface area contributed by atoms with Gasteiger partial charge in [0, 0.05) is 11.6 Å². The molecule has 0 aliphatic rings. The quantitative estimate of drug-likeness (QED) is 0.640. The van der Waals surface area contributed by atoms with Crippen molar-refractivity contribution >= 4 is 5.69 Å². The zero-order valence-corrected chi connectivity index (χ0v) is 8.63. The fourth-order valence-corrected chi connectivity index (χ4v) is 1.58. The Morgan fingerprint density at radius 3 is 2.53 bits per heavy atom. The molecule has 0 heterocycles. The van der Waals surface area contributed by atoms with Gasteiger partial charge in [-0.15, -0.1) is 0 Å². The van der Waals surface area contributed by atoms with Crippen molar-refractivity contribution in [1.82, 2.24) is 0 Å². The first kappa shape index (κ1) is 11.1. The lowest BCUT2D eigenvalue weighted by Crippen LogP contribution is -1.92. The predicted octanol–water partition coefficient (Wildman–Crippen LogP) is 3.11. The summed E-state index contributed by atoms with van der Waals surface area (Å²) in [4.78, 5) is 10.3. The lowest BCUT2D eigenvalue weighted by molar-refractivity contribution is -0.384. The van der Waals surface area contributed by atoms with E-state index in [1.54, 1.807) is 6.07 Å². The molecule has 2 rings (SSSR count). The van der Waals surface area contributed by atoms with Gasteiger partial charge in [0.15, 0.2) is 0 Å². The van der Waals surface area contributed by atoms with Crippen LogP contribution in [0.5, 0.6) is 5.75 Å². The smallest absolute Gasteiger partial charge is 0.277 e. The van der Waals surface area contributed by atoms with E-state index in [-0.39, 0.29) is 22.6 Å². The van der Waals surface area contributed by atoms with E-state index < -0.39 is 10.7 Å². The van der Waals surface area contributed by atoms with E-state index in [1.165, 1.54) is 24.3 Å². The molecule has 0 atom stereocenters. The highest BCUT2D eigenvalue weighted by atomic mass is 19.1. The topological polar surface area (TPSA) is 63.4 Å². The van der Waals surface area contributed by atoms with E-state index in [0.29, 0.717) is 0 Å². The maximum atomic E-state index is 13.1. The first-order valence-electron chi connectivity index (χ1n) is 4.82. The van der Waals surface area contributed by atoms with Crippen molar-refractivity contribution in [3.05, 3.63) is 58.4 Å². The molecular weight excluding hydrogens is 225 g/mol. The van der Waals surface area contributed by atoms with Crippen molar-refractivity contribution in [1.29, 1.82) is 0 Å². The van der Waals surface area contributed by atoms with Gasteiger partial charge in [0.2, 0.25) is 0 Å².